The molecular formula is C18H29N5O2S. The maximum absolute atomic E-state index is 12.3. The molecule has 1 atom stereocenters. The van der Waals surface area contributed by atoms with Gasteiger partial charge in [-0.05, 0) is 27.2 Å². The molecule has 1 N–H and O–H groups in total. The first kappa shape index (κ1) is 18.9. The van der Waals surface area contributed by atoms with Gasteiger partial charge in [0.15, 0.2) is 5.96 Å². The fraction of sp³-hybridized carbons (Fsp3) is 0.722. The summed E-state index contributed by atoms with van der Waals surface area (Å²) in [6.45, 7) is 11.5. The van der Waals surface area contributed by atoms with Crippen LogP contribution in [0.1, 0.15) is 38.4 Å². The van der Waals surface area contributed by atoms with E-state index in [0.717, 1.165) is 44.1 Å². The van der Waals surface area contributed by atoms with Crippen LogP contribution in [0.2, 0.25) is 0 Å². The number of nitrogens with one attached hydrogen (secondary N) is 1. The smallest absolute Gasteiger partial charge is 0.410 e. The number of aliphatic imine (C=N–C) groups is 1. The van der Waals surface area contributed by atoms with Gasteiger partial charge in [0, 0.05) is 38.0 Å². The highest BCUT2D eigenvalue weighted by molar-refractivity contribution is 7.09. The summed E-state index contributed by atoms with van der Waals surface area (Å²) in [6, 6.07) is 0.240. The number of aryl methyl sites for hydroxylation is 1. The number of amides is 1. The second-order valence-corrected chi connectivity index (χ2v) is 8.64. The van der Waals surface area contributed by atoms with Gasteiger partial charge in [0.05, 0.1) is 23.3 Å². The van der Waals surface area contributed by atoms with Crippen molar-refractivity contribution >= 4 is 23.4 Å². The van der Waals surface area contributed by atoms with E-state index in [-0.39, 0.29) is 12.1 Å². The Bertz CT molecular complexity index is 667. The Kier molecular flexibility index (Phi) is 5.70. The summed E-state index contributed by atoms with van der Waals surface area (Å²) < 4.78 is 5.49. The van der Waals surface area contributed by atoms with Crippen molar-refractivity contribution < 1.29 is 9.53 Å². The van der Waals surface area contributed by atoms with E-state index in [1.807, 2.05) is 20.8 Å². The van der Waals surface area contributed by atoms with Crippen molar-refractivity contribution in [1.82, 2.24) is 20.1 Å². The number of piperazine rings is 1. The van der Waals surface area contributed by atoms with Crippen LogP contribution in [-0.2, 0) is 17.6 Å². The van der Waals surface area contributed by atoms with Gasteiger partial charge in [0.1, 0.15) is 5.60 Å². The normalized spacial score (nSPS) is 20.0. The third-order valence-electron chi connectivity index (χ3n) is 4.42. The second-order valence-electron chi connectivity index (χ2n) is 7.70. The van der Waals surface area contributed by atoms with E-state index in [4.69, 9.17) is 4.74 Å². The molecule has 0 spiro atoms. The first-order valence-electron chi connectivity index (χ1n) is 9.32. The number of carbonyl (C=O) groups excluding carboxylic acids is 1. The zero-order valence-electron chi connectivity index (χ0n) is 16.1. The number of hydrogen-bond acceptors (Lipinski definition) is 7. The van der Waals surface area contributed by atoms with Crippen LogP contribution < -0.4 is 5.32 Å². The molecule has 0 aliphatic carbocycles. The molecule has 3 rings (SSSR count). The highest BCUT2D eigenvalue weighted by Gasteiger charge is 2.36. The van der Waals surface area contributed by atoms with Crippen LogP contribution in [-0.4, -0.2) is 71.2 Å². The number of aromatic nitrogens is 1. The van der Waals surface area contributed by atoms with Gasteiger partial charge in [-0.25, -0.2) is 9.78 Å². The fourth-order valence-corrected chi connectivity index (χ4v) is 3.93. The van der Waals surface area contributed by atoms with E-state index in [0.29, 0.717) is 13.1 Å². The van der Waals surface area contributed by atoms with E-state index in [1.165, 1.54) is 5.01 Å². The van der Waals surface area contributed by atoms with Crippen LogP contribution in [0.15, 0.2) is 10.4 Å². The van der Waals surface area contributed by atoms with Crippen molar-refractivity contribution in [2.45, 2.75) is 52.2 Å². The summed E-state index contributed by atoms with van der Waals surface area (Å²) >= 11 is 1.73. The van der Waals surface area contributed by atoms with E-state index < -0.39 is 5.60 Å². The van der Waals surface area contributed by atoms with E-state index in [1.54, 1.807) is 16.2 Å². The summed E-state index contributed by atoms with van der Waals surface area (Å²) in [7, 11) is 0. The predicted octanol–water partition coefficient (Wildman–Crippen LogP) is 2.13. The lowest BCUT2D eigenvalue weighted by molar-refractivity contribution is 0.0137. The van der Waals surface area contributed by atoms with E-state index in [9.17, 15) is 4.79 Å². The average molecular weight is 380 g/mol. The quantitative estimate of drug-likeness (QED) is 0.868. The van der Waals surface area contributed by atoms with Crippen molar-refractivity contribution in [1.29, 1.82) is 0 Å². The van der Waals surface area contributed by atoms with Gasteiger partial charge < -0.3 is 19.9 Å². The van der Waals surface area contributed by atoms with Crippen molar-refractivity contribution in [2.75, 3.05) is 32.7 Å². The zero-order chi connectivity index (χ0) is 18.7. The number of nitrogens with zero attached hydrogens (tertiary/aromatic N) is 4. The molecular weight excluding hydrogens is 350 g/mol. The lowest BCUT2D eigenvalue weighted by Crippen LogP contribution is -2.57. The molecule has 1 aromatic rings. The lowest BCUT2D eigenvalue weighted by atomic mass is 10.2. The Morgan fingerprint density at radius 3 is 2.92 bits per heavy atom. The molecule has 144 valence electrons. The highest BCUT2D eigenvalue weighted by atomic mass is 32.1. The fourth-order valence-electron chi connectivity index (χ4n) is 3.15. The number of thiazole rings is 1. The summed E-state index contributed by atoms with van der Waals surface area (Å²) in [5, 5.41) is 6.77. The van der Waals surface area contributed by atoms with Crippen molar-refractivity contribution in [3.63, 3.8) is 0 Å². The molecule has 1 unspecified atom stereocenters. The molecule has 0 saturated carbocycles. The molecule has 1 saturated heterocycles. The van der Waals surface area contributed by atoms with Crippen molar-refractivity contribution in [2.24, 2.45) is 4.99 Å². The summed E-state index contributed by atoms with van der Waals surface area (Å²) in [6.07, 6.45) is 1.67. The highest BCUT2D eigenvalue weighted by Crippen LogP contribution is 2.18. The molecule has 1 aromatic heterocycles. The van der Waals surface area contributed by atoms with Crippen LogP contribution >= 0.6 is 11.3 Å². The number of guanidine groups is 1. The molecule has 0 aromatic carbocycles. The van der Waals surface area contributed by atoms with Gasteiger partial charge in [-0.15, -0.1) is 11.3 Å². The Morgan fingerprint density at radius 1 is 1.42 bits per heavy atom. The predicted molar refractivity (Wildman–Crippen MR) is 104 cm³/mol. The minimum absolute atomic E-state index is 0.228. The third kappa shape index (κ3) is 4.66. The molecule has 3 heterocycles. The van der Waals surface area contributed by atoms with Crippen LogP contribution in [0.3, 0.4) is 0 Å². The Labute approximate surface area is 159 Å². The number of carbonyl (C=O) groups is 1. The number of hydrogen-bond donors (Lipinski definition) is 1. The van der Waals surface area contributed by atoms with Gasteiger partial charge in [-0.1, -0.05) is 6.92 Å². The maximum atomic E-state index is 12.3. The van der Waals surface area contributed by atoms with Gasteiger partial charge in [0.25, 0.3) is 0 Å². The third-order valence-corrected chi connectivity index (χ3v) is 5.47. The minimum Gasteiger partial charge on any atom is -0.444 e. The van der Waals surface area contributed by atoms with Crippen LogP contribution in [0.5, 0.6) is 0 Å². The summed E-state index contributed by atoms with van der Waals surface area (Å²) in [5.41, 5.74) is 0.685. The molecule has 0 radical (unpaired) electrons. The molecule has 2 aliphatic rings. The van der Waals surface area contributed by atoms with E-state index in [2.05, 4.69) is 32.5 Å². The summed E-state index contributed by atoms with van der Waals surface area (Å²) in [4.78, 5) is 25.6. The molecule has 2 aliphatic heterocycles. The first-order valence-corrected chi connectivity index (χ1v) is 10.2. The van der Waals surface area contributed by atoms with Crippen LogP contribution in [0, 0.1) is 0 Å². The first-order chi connectivity index (χ1) is 12.4. The summed E-state index contributed by atoms with van der Waals surface area (Å²) in [5.74, 6) is 0.949. The van der Waals surface area contributed by atoms with Crippen LogP contribution in [0.25, 0.3) is 0 Å². The zero-order valence-corrected chi connectivity index (χ0v) is 16.9. The minimum atomic E-state index is -0.458. The second kappa shape index (κ2) is 7.82. The van der Waals surface area contributed by atoms with Crippen LogP contribution in [0.4, 0.5) is 4.79 Å². The standard InChI is InChI=1S/C18H29N5O2S/c1-5-15-21-13(12-26-15)6-7-19-16-20-10-14-11-22(8-9-23(14)16)17(24)25-18(2,3)4/h12,14H,5-11H2,1-4H3,(H,19,20). The number of rotatable bonds is 4. The maximum Gasteiger partial charge on any atom is 0.410 e. The molecule has 1 fully saturated rings. The lowest BCUT2D eigenvalue weighted by Gasteiger charge is -2.39. The van der Waals surface area contributed by atoms with Gasteiger partial charge >= 0.3 is 6.09 Å². The molecule has 26 heavy (non-hydrogen) atoms. The molecule has 1 amide bonds. The number of fused-ring (bicyclic) bond motifs is 1. The largest absolute Gasteiger partial charge is 0.444 e. The monoisotopic (exact) mass is 379 g/mol. The topological polar surface area (TPSA) is 70.1 Å². The van der Waals surface area contributed by atoms with Crippen molar-refractivity contribution in [3.05, 3.63) is 16.1 Å². The molecule has 7 nitrogen and oxygen atoms in total. The van der Waals surface area contributed by atoms with Crippen molar-refractivity contribution in [3.8, 4) is 0 Å². The van der Waals surface area contributed by atoms with Gasteiger partial charge in [0.2, 0.25) is 0 Å². The van der Waals surface area contributed by atoms with Gasteiger partial charge in [-0.3, -0.25) is 4.99 Å². The Hall–Kier alpha value is -1.83. The number of ether oxygens (including phenoxy) is 1. The van der Waals surface area contributed by atoms with E-state index >= 15 is 0 Å². The van der Waals surface area contributed by atoms with Gasteiger partial charge in [-0.2, -0.15) is 0 Å². The SMILES string of the molecule is CCc1nc(CCNC2=NCC3CN(C(=O)OC(C)(C)C)CCN23)cs1. The molecule has 8 heteroatoms. The molecule has 0 bridgehead atoms. The average Bonchev–Trinajstić information content (AvgIpc) is 3.20. The Morgan fingerprint density at radius 2 is 2.23 bits per heavy atom. The Balaban J connectivity index is 1.45.